The van der Waals surface area contributed by atoms with Crippen molar-refractivity contribution in [2.75, 3.05) is 25.6 Å². The number of aryl methyl sites for hydroxylation is 1. The molecule has 8 nitrogen and oxygen atoms in total. The van der Waals surface area contributed by atoms with Crippen molar-refractivity contribution in [1.82, 2.24) is 10.0 Å². The minimum atomic E-state index is -3.13. The van der Waals surface area contributed by atoms with Gasteiger partial charge in [-0.1, -0.05) is 0 Å². The van der Waals surface area contributed by atoms with Gasteiger partial charge in [-0.3, -0.25) is 19.9 Å². The lowest BCUT2D eigenvalue weighted by Crippen LogP contribution is -2.49. The van der Waals surface area contributed by atoms with E-state index in [9.17, 15) is 23.3 Å². The molecule has 0 spiro atoms. The van der Waals surface area contributed by atoms with Crippen molar-refractivity contribution in [1.29, 1.82) is 0 Å². The van der Waals surface area contributed by atoms with Gasteiger partial charge < -0.3 is 0 Å². The fourth-order valence-electron chi connectivity index (χ4n) is 2.77. The van der Waals surface area contributed by atoms with Crippen LogP contribution in [0.15, 0.2) is 18.2 Å². The predicted molar refractivity (Wildman–Crippen MR) is 84.7 cm³/mol. The largest absolute Gasteiger partial charge is 0.272 e. The molecule has 0 unspecified atom stereocenters. The van der Waals surface area contributed by atoms with Gasteiger partial charge in [-0.2, -0.15) is 0 Å². The quantitative estimate of drug-likeness (QED) is 0.598. The molecule has 1 aromatic rings. The van der Waals surface area contributed by atoms with Crippen LogP contribution in [0, 0.1) is 17.0 Å². The van der Waals surface area contributed by atoms with E-state index in [1.54, 1.807) is 26.0 Å². The summed E-state index contributed by atoms with van der Waals surface area (Å²) < 4.78 is 23.3. The molecule has 9 heteroatoms. The zero-order valence-corrected chi connectivity index (χ0v) is 14.0. The zero-order valence-electron chi connectivity index (χ0n) is 13.2. The van der Waals surface area contributed by atoms with E-state index in [2.05, 4.69) is 0 Å². The first-order valence-electron chi connectivity index (χ1n) is 7.08. The van der Waals surface area contributed by atoms with E-state index < -0.39 is 20.8 Å². The average Bonchev–Trinajstić information content (AvgIpc) is 2.77. The minimum Gasteiger partial charge on any atom is -0.268 e. The van der Waals surface area contributed by atoms with Gasteiger partial charge in [0.05, 0.1) is 22.5 Å². The highest BCUT2D eigenvalue weighted by Gasteiger charge is 2.36. The molecule has 1 heterocycles. The van der Waals surface area contributed by atoms with Crippen LogP contribution in [0.5, 0.6) is 0 Å². The van der Waals surface area contributed by atoms with Crippen LogP contribution in [0.4, 0.5) is 5.69 Å². The van der Waals surface area contributed by atoms with E-state index in [4.69, 9.17) is 0 Å². The number of hydrogen-bond donors (Lipinski definition) is 0. The number of benzene rings is 1. The summed E-state index contributed by atoms with van der Waals surface area (Å²) in [5, 5.41) is 13.8. The molecule has 0 aliphatic carbocycles. The fraction of sp³-hybridized carbons (Fsp3) is 0.500. The molecule has 0 radical (unpaired) electrons. The number of amides is 1. The maximum atomic E-state index is 12.7. The molecular weight excluding hydrogens is 322 g/mol. The molecule has 1 aromatic carbocycles. The Labute approximate surface area is 134 Å². The third-order valence-electron chi connectivity index (χ3n) is 3.83. The Hall–Kier alpha value is -2.00. The lowest BCUT2D eigenvalue weighted by atomic mass is 10.1. The van der Waals surface area contributed by atoms with Crippen LogP contribution in [-0.4, -0.2) is 60.9 Å². The summed E-state index contributed by atoms with van der Waals surface area (Å²) in [6.45, 7) is 1.56. The van der Waals surface area contributed by atoms with E-state index in [-0.39, 0.29) is 23.1 Å². The maximum Gasteiger partial charge on any atom is 0.272 e. The van der Waals surface area contributed by atoms with Crippen LogP contribution in [0.3, 0.4) is 0 Å². The summed E-state index contributed by atoms with van der Waals surface area (Å²) in [5.74, 6) is -0.368. The fourth-order valence-corrected chi connectivity index (χ4v) is 4.46. The number of rotatable bonds is 4. The molecule has 1 saturated heterocycles. The lowest BCUT2D eigenvalue weighted by molar-refractivity contribution is -0.385. The molecule has 0 bridgehead atoms. The van der Waals surface area contributed by atoms with Crippen molar-refractivity contribution in [2.45, 2.75) is 19.4 Å². The van der Waals surface area contributed by atoms with Gasteiger partial charge in [-0.25, -0.2) is 13.4 Å². The van der Waals surface area contributed by atoms with Crippen LogP contribution < -0.4 is 0 Å². The Bertz CT molecular complexity index is 745. The first-order chi connectivity index (χ1) is 10.6. The van der Waals surface area contributed by atoms with Crippen LogP contribution >= 0.6 is 0 Å². The van der Waals surface area contributed by atoms with Gasteiger partial charge in [0.25, 0.3) is 11.6 Å². The molecule has 1 aliphatic rings. The predicted octanol–water partition coefficient (Wildman–Crippen LogP) is 1.01. The summed E-state index contributed by atoms with van der Waals surface area (Å²) in [4.78, 5) is 23.1. The normalized spacial score (nSPS) is 19.7. The molecule has 1 aliphatic heterocycles. The molecule has 1 atom stereocenters. The Morgan fingerprint density at radius 3 is 2.43 bits per heavy atom. The van der Waals surface area contributed by atoms with Crippen LogP contribution in [0.2, 0.25) is 0 Å². The highest BCUT2D eigenvalue weighted by molar-refractivity contribution is 7.91. The van der Waals surface area contributed by atoms with E-state index in [0.29, 0.717) is 17.5 Å². The molecule has 1 amide bonds. The van der Waals surface area contributed by atoms with Gasteiger partial charge in [0, 0.05) is 31.3 Å². The first kappa shape index (κ1) is 17.4. The minimum absolute atomic E-state index is 0.0543. The Morgan fingerprint density at radius 1 is 1.35 bits per heavy atom. The third-order valence-corrected chi connectivity index (χ3v) is 5.58. The monoisotopic (exact) mass is 341 g/mol. The SMILES string of the molecule is Cc1cc(C(=O)N([C@H]2CCS(=O)(=O)C2)N(C)C)ccc1[N+](=O)[O-]. The molecular formula is C14H19N3O5S. The highest BCUT2D eigenvalue weighted by atomic mass is 32.2. The summed E-state index contributed by atoms with van der Waals surface area (Å²) in [6.07, 6.45) is 0.387. The Morgan fingerprint density at radius 2 is 2.00 bits per heavy atom. The molecule has 0 N–H and O–H groups in total. The van der Waals surface area contributed by atoms with Crippen molar-refractivity contribution in [3.63, 3.8) is 0 Å². The van der Waals surface area contributed by atoms with Gasteiger partial charge >= 0.3 is 0 Å². The number of hydrazine groups is 1. The molecule has 0 aromatic heterocycles. The number of hydrogen-bond acceptors (Lipinski definition) is 6. The van der Waals surface area contributed by atoms with Crippen molar-refractivity contribution in [3.8, 4) is 0 Å². The molecule has 23 heavy (non-hydrogen) atoms. The third kappa shape index (κ3) is 3.67. The number of nitro benzene ring substituents is 1. The standard InChI is InChI=1S/C14H19N3O5S/c1-10-8-11(4-5-13(10)17(19)20)14(18)16(15(2)3)12-6-7-23(21,22)9-12/h4-5,8,12H,6-7,9H2,1-3H3/t12-/m0/s1. The zero-order chi connectivity index (χ0) is 17.4. The summed E-state index contributed by atoms with van der Waals surface area (Å²) in [6, 6.07) is 3.73. The lowest BCUT2D eigenvalue weighted by Gasteiger charge is -2.33. The second kappa shape index (κ2) is 6.25. The number of nitro groups is 1. The van der Waals surface area contributed by atoms with Crippen molar-refractivity contribution in [3.05, 3.63) is 39.4 Å². The summed E-state index contributed by atoms with van der Waals surface area (Å²) in [5.41, 5.74) is 0.631. The van der Waals surface area contributed by atoms with Crippen LogP contribution in [0.25, 0.3) is 0 Å². The highest BCUT2D eigenvalue weighted by Crippen LogP contribution is 2.23. The van der Waals surface area contributed by atoms with Crippen molar-refractivity contribution >= 4 is 21.4 Å². The number of nitrogens with zero attached hydrogens (tertiary/aromatic N) is 3. The van der Waals surface area contributed by atoms with Gasteiger partial charge in [0.15, 0.2) is 9.84 Å². The number of carbonyl (C=O) groups excluding carboxylic acids is 1. The topological polar surface area (TPSA) is 101 Å². The molecule has 1 fully saturated rings. The Kier molecular flexibility index (Phi) is 4.71. The van der Waals surface area contributed by atoms with Crippen molar-refractivity contribution in [2.24, 2.45) is 0 Å². The smallest absolute Gasteiger partial charge is 0.268 e. The van der Waals surface area contributed by atoms with E-state index in [1.165, 1.54) is 23.2 Å². The van der Waals surface area contributed by atoms with Gasteiger partial charge in [0.1, 0.15) is 0 Å². The van der Waals surface area contributed by atoms with E-state index in [1.807, 2.05) is 0 Å². The maximum absolute atomic E-state index is 12.7. The molecule has 0 saturated carbocycles. The first-order valence-corrected chi connectivity index (χ1v) is 8.91. The molecule has 126 valence electrons. The van der Waals surface area contributed by atoms with Gasteiger partial charge in [-0.05, 0) is 25.5 Å². The van der Waals surface area contributed by atoms with Crippen molar-refractivity contribution < 1.29 is 18.1 Å². The molecule has 2 rings (SSSR count). The second-order valence-electron chi connectivity index (χ2n) is 5.81. The van der Waals surface area contributed by atoms with Crippen LogP contribution in [0.1, 0.15) is 22.3 Å². The van der Waals surface area contributed by atoms with E-state index in [0.717, 1.165) is 0 Å². The second-order valence-corrected chi connectivity index (χ2v) is 8.04. The Balaban J connectivity index is 2.32. The number of sulfone groups is 1. The van der Waals surface area contributed by atoms with Crippen LogP contribution in [-0.2, 0) is 9.84 Å². The van der Waals surface area contributed by atoms with E-state index >= 15 is 0 Å². The average molecular weight is 341 g/mol. The number of carbonyl (C=O) groups is 1. The van der Waals surface area contributed by atoms with Gasteiger partial charge in [0.2, 0.25) is 0 Å². The summed E-state index contributed by atoms with van der Waals surface area (Å²) >= 11 is 0. The van der Waals surface area contributed by atoms with Gasteiger partial charge in [-0.15, -0.1) is 0 Å². The summed E-state index contributed by atoms with van der Waals surface area (Å²) in [7, 11) is 0.210.